The molecule has 0 unspecified atom stereocenters. The minimum atomic E-state index is -0.389. The molecular formula is C18H18N2O3. The molecule has 0 aromatic heterocycles. The molecule has 2 aliphatic rings. The Balaban J connectivity index is 1.67. The number of rotatable bonds is 3. The first-order valence-corrected chi connectivity index (χ1v) is 7.82. The van der Waals surface area contributed by atoms with Crippen LogP contribution < -0.4 is 5.32 Å². The van der Waals surface area contributed by atoms with Crippen molar-refractivity contribution in [1.29, 1.82) is 0 Å². The van der Waals surface area contributed by atoms with Gasteiger partial charge in [-0.05, 0) is 31.0 Å². The van der Waals surface area contributed by atoms with E-state index >= 15 is 0 Å². The van der Waals surface area contributed by atoms with E-state index < -0.39 is 0 Å². The summed E-state index contributed by atoms with van der Waals surface area (Å²) in [5, 5.41) is 2.69. The van der Waals surface area contributed by atoms with E-state index in [0.29, 0.717) is 11.3 Å². The fourth-order valence-electron chi connectivity index (χ4n) is 3.42. The van der Waals surface area contributed by atoms with Crippen molar-refractivity contribution < 1.29 is 14.4 Å². The number of imide groups is 1. The fraction of sp³-hybridized carbons (Fsp3) is 0.389. The number of anilines is 1. The van der Waals surface area contributed by atoms with Crippen molar-refractivity contribution in [2.75, 3.05) is 11.9 Å². The normalized spacial score (nSPS) is 23.3. The second-order valence-corrected chi connectivity index (χ2v) is 6.03. The average molecular weight is 310 g/mol. The van der Waals surface area contributed by atoms with E-state index in [1.165, 1.54) is 0 Å². The summed E-state index contributed by atoms with van der Waals surface area (Å²) >= 11 is 0. The number of benzene rings is 1. The molecule has 1 N–H and O–H groups in total. The van der Waals surface area contributed by atoms with Crippen molar-refractivity contribution in [2.24, 2.45) is 11.8 Å². The van der Waals surface area contributed by atoms with E-state index in [1.54, 1.807) is 24.3 Å². The van der Waals surface area contributed by atoms with Crippen LogP contribution in [0.5, 0.6) is 0 Å². The van der Waals surface area contributed by atoms with Gasteiger partial charge in [0.05, 0.1) is 11.8 Å². The summed E-state index contributed by atoms with van der Waals surface area (Å²) in [6.07, 6.45) is 8.76. The largest absolute Gasteiger partial charge is 0.324 e. The number of terminal acetylenes is 1. The molecule has 0 spiro atoms. The summed E-state index contributed by atoms with van der Waals surface area (Å²) in [7, 11) is 0. The quantitative estimate of drug-likeness (QED) is 0.683. The standard InChI is InChI=1S/C18H18N2O3/c1-2-12-6-5-7-13(10-12)19-16(21)11-20-17(22)14-8-3-4-9-15(14)18(20)23/h1,5-7,10,14-15H,3-4,8-9,11H2,(H,19,21)/t14-,15+. The Labute approximate surface area is 135 Å². The van der Waals surface area contributed by atoms with Gasteiger partial charge in [-0.2, -0.15) is 0 Å². The minimum Gasteiger partial charge on any atom is -0.324 e. The summed E-state index contributed by atoms with van der Waals surface area (Å²) in [5.74, 6) is 1.24. The predicted octanol–water partition coefficient (Wildman–Crippen LogP) is 1.78. The van der Waals surface area contributed by atoms with Gasteiger partial charge in [-0.15, -0.1) is 6.42 Å². The zero-order valence-corrected chi connectivity index (χ0v) is 12.7. The van der Waals surface area contributed by atoms with Crippen LogP contribution in [0.1, 0.15) is 31.2 Å². The number of nitrogens with zero attached hydrogens (tertiary/aromatic N) is 1. The topological polar surface area (TPSA) is 66.5 Å². The van der Waals surface area contributed by atoms with Crippen LogP contribution in [-0.2, 0) is 14.4 Å². The highest BCUT2D eigenvalue weighted by Gasteiger charge is 2.48. The SMILES string of the molecule is C#Cc1cccc(NC(=O)CN2C(=O)[C@H]3CCCC[C@H]3C2=O)c1. The van der Waals surface area contributed by atoms with Gasteiger partial charge in [0.2, 0.25) is 17.7 Å². The van der Waals surface area contributed by atoms with E-state index in [9.17, 15) is 14.4 Å². The highest BCUT2D eigenvalue weighted by molar-refractivity contribution is 6.08. The Hall–Kier alpha value is -2.61. The maximum absolute atomic E-state index is 12.3. The maximum atomic E-state index is 12.3. The van der Waals surface area contributed by atoms with E-state index in [2.05, 4.69) is 11.2 Å². The molecule has 1 saturated carbocycles. The van der Waals surface area contributed by atoms with Crippen LogP contribution >= 0.6 is 0 Å². The molecule has 1 aliphatic heterocycles. The number of amides is 3. The average Bonchev–Trinajstić information content (AvgIpc) is 2.80. The van der Waals surface area contributed by atoms with E-state index in [-0.39, 0.29) is 36.1 Å². The third kappa shape index (κ3) is 2.98. The van der Waals surface area contributed by atoms with Gasteiger partial charge in [0.25, 0.3) is 0 Å². The smallest absolute Gasteiger partial charge is 0.244 e. The van der Waals surface area contributed by atoms with E-state index in [0.717, 1.165) is 30.6 Å². The minimum absolute atomic E-state index is 0.202. The molecule has 23 heavy (non-hydrogen) atoms. The van der Waals surface area contributed by atoms with Crippen molar-refractivity contribution in [3.8, 4) is 12.3 Å². The van der Waals surface area contributed by atoms with Gasteiger partial charge in [0.1, 0.15) is 6.54 Å². The van der Waals surface area contributed by atoms with Crippen molar-refractivity contribution >= 4 is 23.4 Å². The van der Waals surface area contributed by atoms with Crippen LogP contribution in [0.2, 0.25) is 0 Å². The lowest BCUT2D eigenvalue weighted by molar-refractivity contribution is -0.142. The number of fused-ring (bicyclic) bond motifs is 1. The molecule has 3 rings (SSSR count). The van der Waals surface area contributed by atoms with Gasteiger partial charge < -0.3 is 5.32 Å². The first kappa shape index (κ1) is 15.3. The van der Waals surface area contributed by atoms with Crippen molar-refractivity contribution in [2.45, 2.75) is 25.7 Å². The van der Waals surface area contributed by atoms with Gasteiger partial charge >= 0.3 is 0 Å². The number of hydrogen-bond acceptors (Lipinski definition) is 3. The van der Waals surface area contributed by atoms with Gasteiger partial charge in [-0.3, -0.25) is 19.3 Å². The zero-order valence-electron chi connectivity index (χ0n) is 12.7. The van der Waals surface area contributed by atoms with Crippen LogP contribution in [-0.4, -0.2) is 29.2 Å². The van der Waals surface area contributed by atoms with E-state index in [4.69, 9.17) is 6.42 Å². The van der Waals surface area contributed by atoms with Crippen molar-refractivity contribution in [3.63, 3.8) is 0 Å². The highest BCUT2D eigenvalue weighted by Crippen LogP contribution is 2.37. The molecule has 1 heterocycles. The third-order valence-corrected chi connectivity index (χ3v) is 4.55. The molecule has 0 bridgehead atoms. The Bertz CT molecular complexity index is 680. The van der Waals surface area contributed by atoms with Gasteiger partial charge in [-0.1, -0.05) is 24.8 Å². The van der Waals surface area contributed by atoms with Gasteiger partial charge in [0, 0.05) is 11.3 Å². The second-order valence-electron chi connectivity index (χ2n) is 6.03. The monoisotopic (exact) mass is 310 g/mol. The first-order valence-electron chi connectivity index (χ1n) is 7.82. The number of likely N-dealkylation sites (tertiary alicyclic amines) is 1. The van der Waals surface area contributed by atoms with Crippen molar-refractivity contribution in [3.05, 3.63) is 29.8 Å². The molecule has 2 fully saturated rings. The molecule has 5 heteroatoms. The molecular weight excluding hydrogens is 292 g/mol. The first-order chi connectivity index (χ1) is 11.1. The summed E-state index contributed by atoms with van der Waals surface area (Å²) in [5.41, 5.74) is 1.21. The molecule has 1 aliphatic carbocycles. The van der Waals surface area contributed by atoms with Crippen LogP contribution in [0.15, 0.2) is 24.3 Å². The number of nitrogens with one attached hydrogen (secondary N) is 1. The lowest BCUT2D eigenvalue weighted by atomic mass is 9.81. The van der Waals surface area contributed by atoms with Gasteiger partial charge in [0.15, 0.2) is 0 Å². The summed E-state index contributed by atoms with van der Waals surface area (Å²) in [6, 6.07) is 6.89. The Morgan fingerprint density at radius 3 is 2.48 bits per heavy atom. The predicted molar refractivity (Wildman–Crippen MR) is 85.2 cm³/mol. The lowest BCUT2D eigenvalue weighted by Gasteiger charge is -2.19. The van der Waals surface area contributed by atoms with Crippen molar-refractivity contribution in [1.82, 2.24) is 4.90 Å². The molecule has 118 valence electrons. The fourth-order valence-corrected chi connectivity index (χ4v) is 3.42. The number of carbonyl (C=O) groups is 3. The molecule has 1 saturated heterocycles. The van der Waals surface area contributed by atoms with Crippen LogP contribution in [0, 0.1) is 24.2 Å². The second kappa shape index (κ2) is 6.25. The molecule has 2 atom stereocenters. The molecule has 1 aromatic carbocycles. The van der Waals surface area contributed by atoms with Crippen LogP contribution in [0.4, 0.5) is 5.69 Å². The third-order valence-electron chi connectivity index (χ3n) is 4.55. The Morgan fingerprint density at radius 2 is 1.87 bits per heavy atom. The molecule has 5 nitrogen and oxygen atoms in total. The summed E-state index contributed by atoms with van der Waals surface area (Å²) in [6.45, 7) is -0.231. The number of hydrogen-bond donors (Lipinski definition) is 1. The van der Waals surface area contributed by atoms with Gasteiger partial charge in [-0.25, -0.2) is 0 Å². The highest BCUT2D eigenvalue weighted by atomic mass is 16.2. The Morgan fingerprint density at radius 1 is 1.22 bits per heavy atom. The lowest BCUT2D eigenvalue weighted by Crippen LogP contribution is -2.38. The number of carbonyl (C=O) groups excluding carboxylic acids is 3. The molecule has 3 amide bonds. The molecule has 1 aromatic rings. The summed E-state index contributed by atoms with van der Waals surface area (Å²) in [4.78, 5) is 37.9. The zero-order chi connectivity index (χ0) is 16.4. The summed E-state index contributed by atoms with van der Waals surface area (Å²) < 4.78 is 0. The van der Waals surface area contributed by atoms with E-state index in [1.807, 2.05) is 0 Å². The Kier molecular flexibility index (Phi) is 4.16. The van der Waals surface area contributed by atoms with Crippen LogP contribution in [0.25, 0.3) is 0 Å². The maximum Gasteiger partial charge on any atom is 0.244 e. The van der Waals surface area contributed by atoms with Crippen LogP contribution in [0.3, 0.4) is 0 Å². The molecule has 0 radical (unpaired) electrons.